The van der Waals surface area contributed by atoms with Crippen molar-refractivity contribution >= 4 is 21.6 Å². The molecule has 1 aliphatic rings. The van der Waals surface area contributed by atoms with E-state index in [1.807, 2.05) is 6.07 Å². The zero-order valence-electron chi connectivity index (χ0n) is 16.9. The molecule has 0 saturated carbocycles. The summed E-state index contributed by atoms with van der Waals surface area (Å²) in [7, 11) is -2.00. The quantitative estimate of drug-likeness (QED) is 0.565. The topological polar surface area (TPSA) is 73.8 Å². The Labute approximate surface area is 173 Å². The van der Waals surface area contributed by atoms with Crippen molar-refractivity contribution in [1.29, 1.82) is 0 Å². The van der Waals surface area contributed by atoms with E-state index in [-0.39, 0.29) is 4.90 Å². The SMILES string of the molecule is CCNC(=NCc1ccc(S(=O)(=O)NC)cc1)N1CC=C(c2ccccc2)CC1. The van der Waals surface area contributed by atoms with Crippen LogP contribution in [0.2, 0.25) is 0 Å². The highest BCUT2D eigenvalue weighted by atomic mass is 32.2. The molecule has 0 amide bonds. The van der Waals surface area contributed by atoms with Gasteiger partial charge in [-0.3, -0.25) is 0 Å². The van der Waals surface area contributed by atoms with E-state index in [4.69, 9.17) is 4.99 Å². The van der Waals surface area contributed by atoms with Gasteiger partial charge in [-0.1, -0.05) is 48.5 Å². The number of rotatable bonds is 6. The van der Waals surface area contributed by atoms with E-state index < -0.39 is 10.0 Å². The van der Waals surface area contributed by atoms with Gasteiger partial charge in [0.15, 0.2) is 5.96 Å². The molecule has 7 heteroatoms. The fourth-order valence-electron chi connectivity index (χ4n) is 3.26. The van der Waals surface area contributed by atoms with Crippen LogP contribution in [0.25, 0.3) is 5.57 Å². The van der Waals surface area contributed by atoms with Gasteiger partial charge in [-0.25, -0.2) is 18.1 Å². The number of guanidine groups is 1. The third-order valence-corrected chi connectivity index (χ3v) is 6.33. The molecule has 1 heterocycles. The molecule has 29 heavy (non-hydrogen) atoms. The zero-order valence-corrected chi connectivity index (χ0v) is 17.7. The minimum absolute atomic E-state index is 0.259. The van der Waals surface area contributed by atoms with Crippen LogP contribution in [0.4, 0.5) is 0 Å². The maximum absolute atomic E-state index is 11.8. The third kappa shape index (κ3) is 5.46. The summed E-state index contributed by atoms with van der Waals surface area (Å²) in [5.41, 5.74) is 3.62. The summed E-state index contributed by atoms with van der Waals surface area (Å²) in [6, 6.07) is 17.3. The normalized spacial score (nSPS) is 15.2. The molecule has 2 N–H and O–H groups in total. The molecule has 154 valence electrons. The van der Waals surface area contributed by atoms with Gasteiger partial charge in [-0.05, 0) is 49.2 Å². The lowest BCUT2D eigenvalue weighted by molar-refractivity contribution is 0.440. The molecule has 0 aliphatic carbocycles. The minimum atomic E-state index is -3.41. The summed E-state index contributed by atoms with van der Waals surface area (Å²) in [6.45, 7) is 5.07. The molecule has 0 radical (unpaired) electrons. The molecule has 0 fully saturated rings. The Morgan fingerprint density at radius 3 is 2.41 bits per heavy atom. The van der Waals surface area contributed by atoms with Crippen molar-refractivity contribution in [2.24, 2.45) is 4.99 Å². The highest BCUT2D eigenvalue weighted by Crippen LogP contribution is 2.22. The van der Waals surface area contributed by atoms with Crippen molar-refractivity contribution in [3.8, 4) is 0 Å². The molecule has 0 saturated heterocycles. The average Bonchev–Trinajstić information content (AvgIpc) is 2.77. The summed E-state index contributed by atoms with van der Waals surface area (Å²) in [4.78, 5) is 7.26. The largest absolute Gasteiger partial charge is 0.356 e. The number of hydrogen-bond donors (Lipinski definition) is 2. The lowest BCUT2D eigenvalue weighted by Crippen LogP contribution is -2.43. The van der Waals surface area contributed by atoms with Crippen LogP contribution in [-0.2, 0) is 16.6 Å². The van der Waals surface area contributed by atoms with Crippen LogP contribution >= 0.6 is 0 Å². The van der Waals surface area contributed by atoms with Gasteiger partial charge in [0, 0.05) is 19.6 Å². The lowest BCUT2D eigenvalue weighted by Gasteiger charge is -2.30. The highest BCUT2D eigenvalue weighted by molar-refractivity contribution is 7.89. The Balaban J connectivity index is 1.68. The Morgan fingerprint density at radius 2 is 1.83 bits per heavy atom. The molecular formula is C22H28N4O2S. The highest BCUT2D eigenvalue weighted by Gasteiger charge is 2.16. The number of hydrogen-bond acceptors (Lipinski definition) is 3. The molecule has 6 nitrogen and oxygen atoms in total. The standard InChI is InChI=1S/C22H28N4O2S/c1-3-24-22(25-17-18-9-11-21(12-10-18)29(27,28)23-2)26-15-13-20(14-16-26)19-7-5-4-6-8-19/h4-13,23H,3,14-17H2,1-2H3,(H,24,25). The molecule has 1 aliphatic heterocycles. The number of sulfonamides is 1. The van der Waals surface area contributed by atoms with E-state index in [0.717, 1.165) is 37.6 Å². The first-order valence-corrected chi connectivity index (χ1v) is 11.3. The van der Waals surface area contributed by atoms with Gasteiger partial charge in [-0.15, -0.1) is 0 Å². The summed E-state index contributed by atoms with van der Waals surface area (Å²) < 4.78 is 26.0. The molecule has 2 aromatic carbocycles. The van der Waals surface area contributed by atoms with Gasteiger partial charge in [0.25, 0.3) is 0 Å². The number of benzene rings is 2. The molecule has 0 bridgehead atoms. The van der Waals surface area contributed by atoms with Crippen LogP contribution < -0.4 is 10.0 Å². The smallest absolute Gasteiger partial charge is 0.240 e. The number of aliphatic imine (C=N–C) groups is 1. The van der Waals surface area contributed by atoms with Crippen molar-refractivity contribution in [3.63, 3.8) is 0 Å². The predicted molar refractivity (Wildman–Crippen MR) is 118 cm³/mol. The van der Waals surface area contributed by atoms with Crippen molar-refractivity contribution in [3.05, 3.63) is 71.8 Å². The van der Waals surface area contributed by atoms with Crippen molar-refractivity contribution in [2.75, 3.05) is 26.7 Å². The summed E-state index contributed by atoms with van der Waals surface area (Å²) in [6.07, 6.45) is 3.24. The van der Waals surface area contributed by atoms with Gasteiger partial charge in [0.1, 0.15) is 0 Å². The second kappa shape index (κ2) is 9.71. The van der Waals surface area contributed by atoms with Crippen LogP contribution in [0, 0.1) is 0 Å². The molecule has 0 spiro atoms. The maximum Gasteiger partial charge on any atom is 0.240 e. The van der Waals surface area contributed by atoms with E-state index in [1.54, 1.807) is 24.3 Å². The van der Waals surface area contributed by atoms with Crippen molar-refractivity contribution in [2.45, 2.75) is 24.8 Å². The fraction of sp³-hybridized carbons (Fsp3) is 0.318. The molecule has 2 aromatic rings. The summed E-state index contributed by atoms with van der Waals surface area (Å²) in [5.74, 6) is 0.878. The Hall–Kier alpha value is -2.64. The predicted octanol–water partition coefficient (Wildman–Crippen LogP) is 2.85. The van der Waals surface area contributed by atoms with Crippen LogP contribution in [-0.4, -0.2) is 46.0 Å². The van der Waals surface area contributed by atoms with E-state index in [0.29, 0.717) is 6.54 Å². The van der Waals surface area contributed by atoms with Gasteiger partial charge in [0.05, 0.1) is 11.4 Å². The van der Waals surface area contributed by atoms with Crippen LogP contribution in [0.3, 0.4) is 0 Å². The van der Waals surface area contributed by atoms with E-state index in [9.17, 15) is 8.42 Å². The van der Waals surface area contributed by atoms with E-state index >= 15 is 0 Å². The third-order valence-electron chi connectivity index (χ3n) is 4.90. The molecule has 0 unspecified atom stereocenters. The Bertz CT molecular complexity index is 968. The monoisotopic (exact) mass is 412 g/mol. The van der Waals surface area contributed by atoms with Crippen molar-refractivity contribution < 1.29 is 8.42 Å². The van der Waals surface area contributed by atoms with Crippen LogP contribution in [0.5, 0.6) is 0 Å². The van der Waals surface area contributed by atoms with Gasteiger partial charge < -0.3 is 10.2 Å². The van der Waals surface area contributed by atoms with E-state index in [1.165, 1.54) is 18.2 Å². The molecule has 0 aromatic heterocycles. The first-order chi connectivity index (χ1) is 14.0. The summed E-state index contributed by atoms with van der Waals surface area (Å²) in [5, 5.41) is 3.36. The van der Waals surface area contributed by atoms with Gasteiger partial charge >= 0.3 is 0 Å². The fourth-order valence-corrected chi connectivity index (χ4v) is 3.99. The van der Waals surface area contributed by atoms with Gasteiger partial charge in [0.2, 0.25) is 10.0 Å². The number of nitrogens with one attached hydrogen (secondary N) is 2. The minimum Gasteiger partial charge on any atom is -0.356 e. The zero-order chi connectivity index (χ0) is 20.7. The number of nitrogens with zero attached hydrogens (tertiary/aromatic N) is 2. The first-order valence-electron chi connectivity index (χ1n) is 9.83. The van der Waals surface area contributed by atoms with Crippen LogP contribution in [0.1, 0.15) is 24.5 Å². The summed E-state index contributed by atoms with van der Waals surface area (Å²) >= 11 is 0. The maximum atomic E-state index is 11.8. The Morgan fingerprint density at radius 1 is 1.10 bits per heavy atom. The second-order valence-corrected chi connectivity index (χ2v) is 8.70. The second-order valence-electron chi connectivity index (χ2n) is 6.81. The Kier molecular flexibility index (Phi) is 7.06. The van der Waals surface area contributed by atoms with Crippen molar-refractivity contribution in [1.82, 2.24) is 14.9 Å². The van der Waals surface area contributed by atoms with E-state index in [2.05, 4.69) is 52.2 Å². The molecule has 3 rings (SSSR count). The molecular weight excluding hydrogens is 384 g/mol. The average molecular weight is 413 g/mol. The van der Waals surface area contributed by atoms with Gasteiger partial charge in [-0.2, -0.15) is 0 Å². The molecule has 0 atom stereocenters. The first kappa shape index (κ1) is 21.1. The lowest BCUT2D eigenvalue weighted by atomic mass is 10.00. The van der Waals surface area contributed by atoms with Crippen LogP contribution in [0.15, 0.2) is 70.6 Å².